The molecule has 0 saturated carbocycles. The lowest BCUT2D eigenvalue weighted by molar-refractivity contribution is 0.0748. The molecule has 6 nitrogen and oxygen atoms in total. The fourth-order valence-corrected chi connectivity index (χ4v) is 4.83. The molecule has 0 aliphatic rings. The zero-order valence-electron chi connectivity index (χ0n) is 17.6. The van der Waals surface area contributed by atoms with Gasteiger partial charge in [0.25, 0.3) is 11.5 Å². The number of rotatable bonds is 6. The highest BCUT2D eigenvalue weighted by molar-refractivity contribution is 7.11. The average Bonchev–Trinajstić information content (AvgIpc) is 3.43. The minimum absolute atomic E-state index is 0.145. The van der Waals surface area contributed by atoms with E-state index in [9.17, 15) is 9.59 Å². The zero-order chi connectivity index (χ0) is 22.1. The summed E-state index contributed by atoms with van der Waals surface area (Å²) in [6.07, 6.45) is 2.30. The van der Waals surface area contributed by atoms with Gasteiger partial charge in [-0.2, -0.15) is 5.10 Å². The van der Waals surface area contributed by atoms with Crippen molar-refractivity contribution in [1.82, 2.24) is 19.5 Å². The standard InChI is InChI=1S/C25H22N4O2S/c1-17-11-12-19(32-17)16-28(14-13-18-7-3-2-4-8-18)25(31)21-15-26-29-22-10-6-5-9-20(22)24(30)27-23(21)29/h2-12,15H,13-14,16H2,1H3,(H,27,30). The van der Waals surface area contributed by atoms with Crippen molar-refractivity contribution in [3.63, 3.8) is 0 Å². The predicted molar refractivity (Wildman–Crippen MR) is 127 cm³/mol. The summed E-state index contributed by atoms with van der Waals surface area (Å²) >= 11 is 1.69. The maximum atomic E-state index is 13.7. The van der Waals surface area contributed by atoms with Crippen LogP contribution in [0.3, 0.4) is 0 Å². The van der Waals surface area contributed by atoms with Crippen LogP contribution in [0, 0.1) is 6.92 Å². The van der Waals surface area contributed by atoms with Crippen molar-refractivity contribution in [1.29, 1.82) is 0 Å². The Bertz CT molecular complexity index is 1470. The summed E-state index contributed by atoms with van der Waals surface area (Å²) in [5.74, 6) is -0.145. The molecular weight excluding hydrogens is 420 g/mol. The number of hydrogen-bond acceptors (Lipinski definition) is 4. The molecule has 0 atom stereocenters. The summed E-state index contributed by atoms with van der Waals surface area (Å²) in [5.41, 5.74) is 2.44. The van der Waals surface area contributed by atoms with Crippen molar-refractivity contribution in [2.24, 2.45) is 0 Å². The summed E-state index contributed by atoms with van der Waals surface area (Å²) < 4.78 is 1.63. The number of aryl methyl sites for hydroxylation is 1. The number of carbonyl (C=O) groups excluding carboxylic acids is 1. The van der Waals surface area contributed by atoms with E-state index in [0.29, 0.717) is 35.2 Å². The Balaban J connectivity index is 1.52. The Morgan fingerprint density at radius 3 is 2.62 bits per heavy atom. The summed E-state index contributed by atoms with van der Waals surface area (Å²) in [6.45, 7) is 3.14. The van der Waals surface area contributed by atoms with Gasteiger partial charge in [-0.05, 0) is 43.2 Å². The van der Waals surface area contributed by atoms with Crippen molar-refractivity contribution in [3.05, 3.63) is 104 Å². The van der Waals surface area contributed by atoms with Crippen molar-refractivity contribution < 1.29 is 4.79 Å². The molecule has 2 aromatic carbocycles. The van der Waals surface area contributed by atoms with Crippen molar-refractivity contribution in [3.8, 4) is 0 Å². The Kier molecular flexibility index (Phi) is 5.33. The molecule has 3 aromatic heterocycles. The number of amides is 1. The zero-order valence-corrected chi connectivity index (χ0v) is 18.4. The third-order valence-electron chi connectivity index (χ3n) is 5.55. The van der Waals surface area contributed by atoms with Gasteiger partial charge in [0, 0.05) is 16.3 Å². The van der Waals surface area contributed by atoms with Crippen LogP contribution in [0.15, 0.2) is 77.7 Å². The number of fused-ring (bicyclic) bond motifs is 3. The molecule has 5 aromatic rings. The molecular formula is C25H22N4O2S. The Morgan fingerprint density at radius 1 is 1.06 bits per heavy atom. The van der Waals surface area contributed by atoms with Crippen molar-refractivity contribution in [2.75, 3.05) is 6.54 Å². The molecule has 3 heterocycles. The van der Waals surface area contributed by atoms with Gasteiger partial charge in [0.05, 0.1) is 23.6 Å². The average molecular weight is 443 g/mol. The van der Waals surface area contributed by atoms with E-state index in [1.54, 1.807) is 28.1 Å². The first-order valence-corrected chi connectivity index (χ1v) is 11.3. The van der Waals surface area contributed by atoms with Gasteiger partial charge in [0.2, 0.25) is 0 Å². The number of aromatic amines is 1. The second kappa shape index (κ2) is 8.43. The molecule has 0 saturated heterocycles. The lowest BCUT2D eigenvalue weighted by atomic mass is 10.1. The van der Waals surface area contributed by atoms with Crippen LogP contribution < -0.4 is 5.56 Å². The van der Waals surface area contributed by atoms with Gasteiger partial charge in [0.1, 0.15) is 11.2 Å². The van der Waals surface area contributed by atoms with Gasteiger partial charge in [-0.25, -0.2) is 4.52 Å². The summed E-state index contributed by atoms with van der Waals surface area (Å²) in [5, 5.41) is 4.96. The first-order chi connectivity index (χ1) is 15.6. The third-order valence-corrected chi connectivity index (χ3v) is 6.54. The maximum absolute atomic E-state index is 13.7. The summed E-state index contributed by atoms with van der Waals surface area (Å²) in [6, 6.07) is 21.5. The van der Waals surface area contributed by atoms with E-state index >= 15 is 0 Å². The smallest absolute Gasteiger partial charge is 0.259 e. The highest BCUT2D eigenvalue weighted by atomic mass is 32.1. The molecule has 0 unspecified atom stereocenters. The molecule has 1 amide bonds. The number of nitrogens with zero attached hydrogens (tertiary/aromatic N) is 3. The lowest BCUT2D eigenvalue weighted by Gasteiger charge is -2.22. The molecule has 5 rings (SSSR count). The quantitative estimate of drug-likeness (QED) is 0.423. The molecule has 1 N–H and O–H groups in total. The van der Waals surface area contributed by atoms with Gasteiger partial charge >= 0.3 is 0 Å². The van der Waals surface area contributed by atoms with E-state index in [1.165, 1.54) is 10.4 Å². The Labute approximate surface area is 188 Å². The van der Waals surface area contributed by atoms with E-state index in [1.807, 2.05) is 41.3 Å². The van der Waals surface area contributed by atoms with Crippen molar-refractivity contribution >= 4 is 33.8 Å². The van der Waals surface area contributed by atoms with Gasteiger partial charge in [-0.1, -0.05) is 42.5 Å². The number of aromatic nitrogens is 3. The largest absolute Gasteiger partial charge is 0.333 e. The second-order valence-corrected chi connectivity index (χ2v) is 9.14. The Morgan fingerprint density at radius 2 is 1.84 bits per heavy atom. The molecule has 0 radical (unpaired) electrons. The van der Waals surface area contributed by atoms with E-state index < -0.39 is 0 Å². The number of carbonyl (C=O) groups is 1. The topological polar surface area (TPSA) is 70.5 Å². The van der Waals surface area contributed by atoms with Crippen LogP contribution in [-0.2, 0) is 13.0 Å². The van der Waals surface area contributed by atoms with Crippen LogP contribution in [0.25, 0.3) is 16.6 Å². The third kappa shape index (κ3) is 3.83. The number of H-pyrrole nitrogens is 1. The lowest BCUT2D eigenvalue weighted by Crippen LogP contribution is -2.32. The summed E-state index contributed by atoms with van der Waals surface area (Å²) in [7, 11) is 0. The molecule has 7 heteroatoms. The molecule has 160 valence electrons. The first-order valence-electron chi connectivity index (χ1n) is 10.5. The number of benzene rings is 2. The van der Waals surface area contributed by atoms with Crippen LogP contribution in [0.4, 0.5) is 0 Å². The highest BCUT2D eigenvalue weighted by Crippen LogP contribution is 2.21. The SMILES string of the molecule is Cc1ccc(CN(CCc2ccccc2)C(=O)c2cnn3c2[nH]c(=O)c2ccccc23)s1. The number of hydrogen-bond donors (Lipinski definition) is 1. The fraction of sp³-hybridized carbons (Fsp3) is 0.160. The van der Waals surface area contributed by atoms with E-state index in [4.69, 9.17) is 0 Å². The normalized spacial score (nSPS) is 11.3. The number of thiophene rings is 1. The van der Waals surface area contributed by atoms with E-state index in [-0.39, 0.29) is 11.5 Å². The summed E-state index contributed by atoms with van der Waals surface area (Å²) in [4.78, 5) is 33.3. The van der Waals surface area contributed by atoms with Gasteiger partial charge < -0.3 is 9.88 Å². The number of para-hydroxylation sites is 1. The first kappa shape index (κ1) is 20.2. The van der Waals surface area contributed by atoms with Crippen LogP contribution in [-0.4, -0.2) is 31.9 Å². The van der Waals surface area contributed by atoms with Gasteiger partial charge in [0.15, 0.2) is 0 Å². The van der Waals surface area contributed by atoms with Crippen LogP contribution in [0.1, 0.15) is 25.7 Å². The molecule has 0 aliphatic carbocycles. The molecule has 0 bridgehead atoms. The minimum Gasteiger partial charge on any atom is -0.333 e. The van der Waals surface area contributed by atoms with Crippen molar-refractivity contribution in [2.45, 2.75) is 19.9 Å². The predicted octanol–water partition coefficient (Wildman–Crippen LogP) is 4.43. The van der Waals surface area contributed by atoms with Gasteiger partial charge in [-0.15, -0.1) is 11.3 Å². The number of nitrogens with one attached hydrogen (secondary N) is 1. The minimum atomic E-state index is -0.229. The van der Waals surface area contributed by atoms with E-state index in [0.717, 1.165) is 11.3 Å². The van der Waals surface area contributed by atoms with Gasteiger partial charge in [-0.3, -0.25) is 9.59 Å². The molecule has 0 spiro atoms. The second-order valence-electron chi connectivity index (χ2n) is 7.76. The fourth-order valence-electron chi connectivity index (χ4n) is 3.92. The molecule has 32 heavy (non-hydrogen) atoms. The maximum Gasteiger partial charge on any atom is 0.259 e. The van der Waals surface area contributed by atoms with Crippen LogP contribution in [0.2, 0.25) is 0 Å². The van der Waals surface area contributed by atoms with Crippen LogP contribution >= 0.6 is 11.3 Å². The van der Waals surface area contributed by atoms with E-state index in [2.05, 4.69) is 41.3 Å². The van der Waals surface area contributed by atoms with Crippen LogP contribution in [0.5, 0.6) is 0 Å². The monoisotopic (exact) mass is 442 g/mol. The molecule has 0 aliphatic heterocycles. The highest BCUT2D eigenvalue weighted by Gasteiger charge is 2.22. The Hall–Kier alpha value is -3.71. The molecule has 0 fully saturated rings.